The van der Waals surface area contributed by atoms with Gasteiger partial charge in [-0.15, -0.1) is 0 Å². The monoisotopic (exact) mass is 351 g/mol. The fourth-order valence-corrected chi connectivity index (χ4v) is 4.07. The molecule has 2 atom stereocenters. The molecule has 2 aromatic rings. The van der Waals surface area contributed by atoms with Gasteiger partial charge in [-0.1, -0.05) is 78.9 Å². The van der Waals surface area contributed by atoms with Crippen LogP contribution in [0.15, 0.2) is 103 Å². The first-order valence-electron chi connectivity index (χ1n) is 9.76. The van der Waals surface area contributed by atoms with Gasteiger partial charge in [0.1, 0.15) is 0 Å². The zero-order valence-corrected chi connectivity index (χ0v) is 15.3. The first-order chi connectivity index (χ1) is 13.4. The molecule has 2 unspecified atom stereocenters. The van der Waals surface area contributed by atoms with Crippen LogP contribution in [0.2, 0.25) is 0 Å². The SMILES string of the molecule is C1=CCC=CC(c2ccc(NC3=CC=C(c4ccccc4)C4CC34)cc2)=C1.[HH]. The summed E-state index contributed by atoms with van der Waals surface area (Å²) in [6.07, 6.45) is 17.7. The minimum absolute atomic E-state index is 0. The van der Waals surface area contributed by atoms with Crippen molar-refractivity contribution in [2.75, 3.05) is 5.32 Å². The molecule has 1 heteroatoms. The van der Waals surface area contributed by atoms with Crippen molar-refractivity contribution in [3.05, 3.63) is 114 Å². The Kier molecular flexibility index (Phi) is 4.14. The number of anilines is 1. The Labute approximate surface area is 162 Å². The van der Waals surface area contributed by atoms with Crippen molar-refractivity contribution in [2.45, 2.75) is 12.8 Å². The number of benzene rings is 2. The maximum absolute atomic E-state index is 3.65. The van der Waals surface area contributed by atoms with E-state index < -0.39 is 0 Å². The van der Waals surface area contributed by atoms with E-state index in [4.69, 9.17) is 0 Å². The van der Waals surface area contributed by atoms with Crippen LogP contribution in [0.5, 0.6) is 0 Å². The van der Waals surface area contributed by atoms with Crippen LogP contribution in [0, 0.1) is 11.8 Å². The van der Waals surface area contributed by atoms with Crippen LogP contribution < -0.4 is 5.32 Å². The molecular formula is C26H25N. The third kappa shape index (κ3) is 3.33. The average molecular weight is 351 g/mol. The summed E-state index contributed by atoms with van der Waals surface area (Å²) in [4.78, 5) is 0. The Bertz CT molecular complexity index is 990. The molecule has 134 valence electrons. The number of fused-ring (bicyclic) bond motifs is 1. The summed E-state index contributed by atoms with van der Waals surface area (Å²) >= 11 is 0. The second-order valence-corrected chi connectivity index (χ2v) is 7.45. The molecule has 1 saturated carbocycles. The summed E-state index contributed by atoms with van der Waals surface area (Å²) in [6, 6.07) is 19.6. The molecule has 0 aromatic heterocycles. The number of hydrogen-bond acceptors (Lipinski definition) is 1. The van der Waals surface area contributed by atoms with Crippen molar-refractivity contribution in [3.8, 4) is 0 Å². The third-order valence-electron chi connectivity index (χ3n) is 5.63. The molecule has 2 aromatic carbocycles. The fraction of sp³-hybridized carbons (Fsp3) is 0.154. The van der Waals surface area contributed by atoms with Gasteiger partial charge in [-0.3, -0.25) is 0 Å². The minimum Gasteiger partial charge on any atom is -0.359 e. The lowest BCUT2D eigenvalue weighted by Gasteiger charge is -2.16. The predicted molar refractivity (Wildman–Crippen MR) is 117 cm³/mol. The summed E-state index contributed by atoms with van der Waals surface area (Å²) in [5, 5.41) is 3.65. The summed E-state index contributed by atoms with van der Waals surface area (Å²) in [5.41, 5.74) is 7.90. The molecule has 0 aliphatic heterocycles. The van der Waals surface area contributed by atoms with Crippen LogP contribution in [0.4, 0.5) is 5.69 Å². The van der Waals surface area contributed by atoms with Gasteiger partial charge in [-0.2, -0.15) is 0 Å². The molecule has 3 aliphatic rings. The van der Waals surface area contributed by atoms with Crippen LogP contribution >= 0.6 is 0 Å². The first-order valence-corrected chi connectivity index (χ1v) is 9.76. The molecule has 1 fully saturated rings. The van der Waals surface area contributed by atoms with Gasteiger partial charge < -0.3 is 5.32 Å². The van der Waals surface area contributed by atoms with Crippen LogP contribution in [0.25, 0.3) is 11.1 Å². The van der Waals surface area contributed by atoms with E-state index in [9.17, 15) is 0 Å². The molecule has 0 spiro atoms. The lowest BCUT2D eigenvalue weighted by Crippen LogP contribution is -2.06. The Hall–Kier alpha value is -3.06. The Morgan fingerprint density at radius 2 is 1.63 bits per heavy atom. The van der Waals surface area contributed by atoms with Gasteiger partial charge in [0.25, 0.3) is 0 Å². The number of allylic oxidation sites excluding steroid dienone is 10. The summed E-state index contributed by atoms with van der Waals surface area (Å²) in [5.74, 6) is 1.31. The molecule has 0 amide bonds. The minimum atomic E-state index is 0. The van der Waals surface area contributed by atoms with E-state index in [1.807, 2.05) is 0 Å². The van der Waals surface area contributed by atoms with Crippen molar-refractivity contribution in [1.29, 1.82) is 0 Å². The molecule has 5 rings (SSSR count). The molecule has 0 heterocycles. The van der Waals surface area contributed by atoms with Crippen LogP contribution in [0.1, 0.15) is 25.4 Å². The van der Waals surface area contributed by atoms with Crippen LogP contribution in [-0.4, -0.2) is 0 Å². The molecule has 0 radical (unpaired) electrons. The molecule has 1 N–H and O–H groups in total. The van der Waals surface area contributed by atoms with Gasteiger partial charge in [0, 0.05) is 18.7 Å². The zero-order chi connectivity index (χ0) is 18.1. The van der Waals surface area contributed by atoms with E-state index in [0.29, 0.717) is 11.8 Å². The number of rotatable bonds is 4. The lowest BCUT2D eigenvalue weighted by molar-refractivity contribution is 0.929. The smallest absolute Gasteiger partial charge is 0.0382 e. The van der Waals surface area contributed by atoms with Gasteiger partial charge in [-0.05, 0) is 59.2 Å². The lowest BCUT2D eigenvalue weighted by atomic mass is 9.95. The van der Waals surface area contributed by atoms with E-state index in [1.54, 1.807) is 0 Å². The van der Waals surface area contributed by atoms with Crippen molar-refractivity contribution >= 4 is 16.8 Å². The van der Waals surface area contributed by atoms with E-state index in [1.165, 1.54) is 40.1 Å². The second kappa shape index (κ2) is 6.92. The van der Waals surface area contributed by atoms with E-state index in [0.717, 1.165) is 6.42 Å². The Morgan fingerprint density at radius 3 is 2.48 bits per heavy atom. The van der Waals surface area contributed by atoms with E-state index in [2.05, 4.69) is 102 Å². The quantitative estimate of drug-likeness (QED) is 0.634. The van der Waals surface area contributed by atoms with Crippen molar-refractivity contribution in [3.63, 3.8) is 0 Å². The maximum atomic E-state index is 3.65. The molecule has 0 saturated heterocycles. The predicted octanol–water partition coefficient (Wildman–Crippen LogP) is 6.86. The zero-order valence-electron chi connectivity index (χ0n) is 15.3. The fourth-order valence-electron chi connectivity index (χ4n) is 4.07. The van der Waals surface area contributed by atoms with Gasteiger partial charge in [0.05, 0.1) is 0 Å². The third-order valence-corrected chi connectivity index (χ3v) is 5.63. The van der Waals surface area contributed by atoms with Crippen molar-refractivity contribution < 1.29 is 1.43 Å². The summed E-state index contributed by atoms with van der Waals surface area (Å²) in [6.45, 7) is 0. The molecule has 27 heavy (non-hydrogen) atoms. The molecule has 0 bridgehead atoms. The van der Waals surface area contributed by atoms with Gasteiger partial charge in [-0.25, -0.2) is 0 Å². The second-order valence-electron chi connectivity index (χ2n) is 7.45. The van der Waals surface area contributed by atoms with Crippen LogP contribution in [0.3, 0.4) is 0 Å². The van der Waals surface area contributed by atoms with Crippen molar-refractivity contribution in [1.82, 2.24) is 0 Å². The highest BCUT2D eigenvalue weighted by atomic mass is 14.9. The normalized spacial score (nSPS) is 22.9. The highest BCUT2D eigenvalue weighted by Crippen LogP contribution is 2.54. The van der Waals surface area contributed by atoms with Gasteiger partial charge in [0.15, 0.2) is 0 Å². The molecular weight excluding hydrogens is 326 g/mol. The van der Waals surface area contributed by atoms with Gasteiger partial charge >= 0.3 is 0 Å². The maximum Gasteiger partial charge on any atom is 0.0382 e. The first kappa shape index (κ1) is 16.1. The summed E-state index contributed by atoms with van der Waals surface area (Å²) in [7, 11) is 0. The van der Waals surface area contributed by atoms with E-state index in [-0.39, 0.29) is 1.43 Å². The standard InChI is InChI=1S/C26H23N.H2/c1-2-5-9-19(8-4-1)20-12-14-22(15-13-20)27-26-17-16-23(24-18-25(24)26)21-10-6-3-7-11-21;/h1,3-17,24-25,27H,2,18H2;1H. The highest BCUT2D eigenvalue weighted by Gasteiger charge is 2.44. The summed E-state index contributed by atoms with van der Waals surface area (Å²) < 4.78 is 0. The molecule has 3 aliphatic carbocycles. The number of nitrogens with one attached hydrogen (secondary N) is 1. The van der Waals surface area contributed by atoms with Gasteiger partial charge in [0.2, 0.25) is 0 Å². The number of hydrogen-bond donors (Lipinski definition) is 1. The highest BCUT2D eigenvalue weighted by molar-refractivity contribution is 5.77. The van der Waals surface area contributed by atoms with Crippen molar-refractivity contribution in [2.24, 2.45) is 11.8 Å². The average Bonchev–Trinajstić information content (AvgIpc) is 3.54. The Morgan fingerprint density at radius 1 is 0.778 bits per heavy atom. The van der Waals surface area contributed by atoms with E-state index >= 15 is 0 Å². The Balaban J connectivity index is 0.00000192. The largest absolute Gasteiger partial charge is 0.359 e. The van der Waals surface area contributed by atoms with Crippen LogP contribution in [-0.2, 0) is 0 Å². The molecule has 1 nitrogen and oxygen atoms in total. The topological polar surface area (TPSA) is 12.0 Å².